The highest BCUT2D eigenvalue weighted by molar-refractivity contribution is 7.11. The third-order valence-electron chi connectivity index (χ3n) is 3.12. The van der Waals surface area contributed by atoms with Crippen LogP contribution in [0.4, 0.5) is 13.2 Å². The molecule has 0 saturated heterocycles. The van der Waals surface area contributed by atoms with E-state index in [9.17, 15) is 13.2 Å². The maximum Gasteiger partial charge on any atom is 0.416 e. The maximum absolute atomic E-state index is 12.7. The van der Waals surface area contributed by atoms with Gasteiger partial charge >= 0.3 is 6.18 Å². The fraction of sp³-hybridized carbons (Fsp3) is 0.375. The number of alkyl halides is 3. The lowest BCUT2D eigenvalue weighted by Gasteiger charge is -2.11. The molecule has 4 nitrogen and oxygen atoms in total. The van der Waals surface area contributed by atoms with E-state index in [1.807, 2.05) is 13.8 Å². The predicted octanol–water partition coefficient (Wildman–Crippen LogP) is 3.73. The molecule has 0 aliphatic heterocycles. The molecule has 0 amide bonds. The van der Waals surface area contributed by atoms with Gasteiger partial charge in [-0.15, -0.1) is 11.3 Å². The van der Waals surface area contributed by atoms with Gasteiger partial charge in [0.15, 0.2) is 5.96 Å². The van der Waals surface area contributed by atoms with Crippen LogP contribution in [-0.2, 0) is 19.3 Å². The van der Waals surface area contributed by atoms with Crippen LogP contribution in [-0.4, -0.2) is 17.5 Å². The van der Waals surface area contributed by atoms with Crippen LogP contribution in [0.1, 0.15) is 27.9 Å². The number of aliphatic imine (C=N–C) groups is 1. The van der Waals surface area contributed by atoms with E-state index in [0.717, 1.165) is 22.0 Å². The van der Waals surface area contributed by atoms with Crippen LogP contribution in [0.5, 0.6) is 0 Å². The summed E-state index contributed by atoms with van der Waals surface area (Å²) in [7, 11) is 0. The van der Waals surface area contributed by atoms with Gasteiger partial charge in [-0.2, -0.15) is 13.2 Å². The standard InChI is InChI=1S/C16H19F3N4S/c1-3-20-15(23-10-14-9-21-11(2)24-14)22-8-12-5-4-6-13(7-12)16(17,18)19/h4-7,9H,3,8,10H2,1-2H3,(H2,20,22,23). The summed E-state index contributed by atoms with van der Waals surface area (Å²) in [6.07, 6.45) is -2.55. The Labute approximate surface area is 142 Å². The second kappa shape index (κ2) is 8.14. The van der Waals surface area contributed by atoms with Crippen molar-refractivity contribution < 1.29 is 13.2 Å². The zero-order chi connectivity index (χ0) is 17.6. The molecule has 0 aliphatic rings. The largest absolute Gasteiger partial charge is 0.416 e. The summed E-state index contributed by atoms with van der Waals surface area (Å²) in [5, 5.41) is 7.21. The lowest BCUT2D eigenvalue weighted by Crippen LogP contribution is -2.36. The minimum absolute atomic E-state index is 0.168. The number of halogens is 3. The fourth-order valence-corrected chi connectivity index (χ4v) is 2.75. The van der Waals surface area contributed by atoms with Gasteiger partial charge in [0.05, 0.1) is 23.7 Å². The number of aryl methyl sites for hydroxylation is 1. The van der Waals surface area contributed by atoms with Crippen LogP contribution >= 0.6 is 11.3 Å². The Morgan fingerprint density at radius 3 is 2.71 bits per heavy atom. The van der Waals surface area contributed by atoms with E-state index in [-0.39, 0.29) is 6.54 Å². The van der Waals surface area contributed by atoms with E-state index in [4.69, 9.17) is 0 Å². The molecular weight excluding hydrogens is 337 g/mol. The number of hydrogen-bond donors (Lipinski definition) is 2. The molecule has 0 atom stereocenters. The van der Waals surface area contributed by atoms with Gasteiger partial charge in [-0.25, -0.2) is 9.98 Å². The van der Waals surface area contributed by atoms with Crippen molar-refractivity contribution in [2.45, 2.75) is 33.1 Å². The number of hydrogen-bond acceptors (Lipinski definition) is 3. The quantitative estimate of drug-likeness (QED) is 0.634. The Bertz CT molecular complexity index is 695. The third-order valence-corrected chi connectivity index (χ3v) is 4.03. The lowest BCUT2D eigenvalue weighted by molar-refractivity contribution is -0.137. The number of guanidine groups is 1. The highest BCUT2D eigenvalue weighted by Crippen LogP contribution is 2.29. The number of rotatable bonds is 5. The van der Waals surface area contributed by atoms with Crippen LogP contribution in [0.2, 0.25) is 0 Å². The number of benzene rings is 1. The second-order valence-electron chi connectivity index (χ2n) is 5.09. The monoisotopic (exact) mass is 356 g/mol. The summed E-state index contributed by atoms with van der Waals surface area (Å²) >= 11 is 1.59. The number of nitrogens with zero attached hydrogens (tertiary/aromatic N) is 2. The van der Waals surface area contributed by atoms with E-state index in [0.29, 0.717) is 24.6 Å². The van der Waals surface area contributed by atoms with Crippen molar-refractivity contribution >= 4 is 17.3 Å². The summed E-state index contributed by atoms with van der Waals surface area (Å²) < 4.78 is 38.2. The summed E-state index contributed by atoms with van der Waals surface area (Å²) in [6, 6.07) is 5.21. The van der Waals surface area contributed by atoms with E-state index in [2.05, 4.69) is 20.6 Å². The summed E-state index contributed by atoms with van der Waals surface area (Å²) in [4.78, 5) is 9.59. The first kappa shape index (κ1) is 18.3. The zero-order valence-electron chi connectivity index (χ0n) is 13.4. The fourth-order valence-electron chi connectivity index (χ4n) is 2.02. The van der Waals surface area contributed by atoms with Crippen molar-refractivity contribution in [3.63, 3.8) is 0 Å². The number of nitrogens with one attached hydrogen (secondary N) is 2. The molecule has 2 aromatic rings. The smallest absolute Gasteiger partial charge is 0.357 e. The van der Waals surface area contributed by atoms with Crippen molar-refractivity contribution in [3.05, 3.63) is 51.5 Å². The molecular formula is C16H19F3N4S. The normalized spacial score (nSPS) is 12.3. The topological polar surface area (TPSA) is 49.3 Å². The molecule has 130 valence electrons. The van der Waals surface area contributed by atoms with Gasteiger partial charge in [-0.05, 0) is 31.5 Å². The molecule has 1 aromatic heterocycles. The Morgan fingerprint density at radius 2 is 2.08 bits per heavy atom. The van der Waals surface area contributed by atoms with Gasteiger partial charge in [0, 0.05) is 17.6 Å². The van der Waals surface area contributed by atoms with Gasteiger partial charge in [0.25, 0.3) is 0 Å². The molecule has 24 heavy (non-hydrogen) atoms. The van der Waals surface area contributed by atoms with Crippen LogP contribution in [0.3, 0.4) is 0 Å². The van der Waals surface area contributed by atoms with Crippen molar-refractivity contribution in [1.29, 1.82) is 0 Å². The first-order valence-corrected chi connectivity index (χ1v) is 8.29. The zero-order valence-corrected chi connectivity index (χ0v) is 14.3. The summed E-state index contributed by atoms with van der Waals surface area (Å²) in [6.45, 7) is 5.26. The molecule has 0 aliphatic carbocycles. The van der Waals surface area contributed by atoms with Crippen LogP contribution in [0.15, 0.2) is 35.5 Å². The molecule has 0 unspecified atom stereocenters. The predicted molar refractivity (Wildman–Crippen MR) is 90.0 cm³/mol. The van der Waals surface area contributed by atoms with Gasteiger partial charge < -0.3 is 10.6 Å². The molecule has 8 heteroatoms. The number of thiazole rings is 1. The SMILES string of the molecule is CCNC(=NCc1cccc(C(F)(F)F)c1)NCc1cnc(C)s1. The molecule has 0 radical (unpaired) electrons. The first-order chi connectivity index (χ1) is 11.4. The maximum atomic E-state index is 12.7. The minimum Gasteiger partial charge on any atom is -0.357 e. The van der Waals surface area contributed by atoms with Crippen LogP contribution in [0.25, 0.3) is 0 Å². The van der Waals surface area contributed by atoms with Crippen molar-refractivity contribution in [2.24, 2.45) is 4.99 Å². The molecule has 2 N–H and O–H groups in total. The Hall–Kier alpha value is -2.09. The Morgan fingerprint density at radius 1 is 1.29 bits per heavy atom. The van der Waals surface area contributed by atoms with E-state index >= 15 is 0 Å². The Kier molecular flexibility index (Phi) is 6.19. The van der Waals surface area contributed by atoms with E-state index in [1.165, 1.54) is 6.07 Å². The van der Waals surface area contributed by atoms with Gasteiger partial charge in [-0.3, -0.25) is 0 Å². The lowest BCUT2D eigenvalue weighted by atomic mass is 10.1. The van der Waals surface area contributed by atoms with Crippen LogP contribution in [0, 0.1) is 6.92 Å². The molecule has 0 saturated carbocycles. The minimum atomic E-state index is -4.34. The average Bonchev–Trinajstić information content (AvgIpc) is 2.95. The molecule has 2 rings (SSSR count). The molecule has 0 spiro atoms. The second-order valence-corrected chi connectivity index (χ2v) is 6.41. The average molecular weight is 356 g/mol. The van der Waals surface area contributed by atoms with Crippen LogP contribution < -0.4 is 10.6 Å². The van der Waals surface area contributed by atoms with Gasteiger partial charge in [-0.1, -0.05) is 12.1 Å². The molecule has 1 aromatic carbocycles. The van der Waals surface area contributed by atoms with E-state index in [1.54, 1.807) is 23.6 Å². The van der Waals surface area contributed by atoms with Crippen molar-refractivity contribution in [2.75, 3.05) is 6.54 Å². The highest BCUT2D eigenvalue weighted by atomic mass is 32.1. The Balaban J connectivity index is 2.02. The summed E-state index contributed by atoms with van der Waals surface area (Å²) in [5.41, 5.74) is -0.149. The van der Waals surface area contributed by atoms with Gasteiger partial charge in [0.2, 0.25) is 0 Å². The van der Waals surface area contributed by atoms with Crippen molar-refractivity contribution in [3.8, 4) is 0 Å². The van der Waals surface area contributed by atoms with E-state index < -0.39 is 11.7 Å². The highest BCUT2D eigenvalue weighted by Gasteiger charge is 2.30. The molecule has 0 bridgehead atoms. The molecule has 1 heterocycles. The van der Waals surface area contributed by atoms with Gasteiger partial charge in [0.1, 0.15) is 0 Å². The number of aromatic nitrogens is 1. The summed E-state index contributed by atoms with van der Waals surface area (Å²) in [5.74, 6) is 0.556. The first-order valence-electron chi connectivity index (χ1n) is 7.48. The third kappa shape index (κ3) is 5.52. The molecule has 0 fully saturated rings. The van der Waals surface area contributed by atoms with Crippen molar-refractivity contribution in [1.82, 2.24) is 15.6 Å².